The lowest BCUT2D eigenvalue weighted by molar-refractivity contribution is -0.255. The Kier molecular flexibility index (Phi) is 2.10. The number of hydrogen-bond donors (Lipinski definition) is 1. The Labute approximate surface area is 59.1 Å². The molecule has 0 fully saturated rings. The highest BCUT2D eigenvalue weighted by atomic mass is 16.6. The summed E-state index contributed by atoms with van der Waals surface area (Å²) in [6.45, 7) is 0. The Hall–Kier alpha value is -1.25. The van der Waals surface area contributed by atoms with Crippen LogP contribution in [-0.4, -0.2) is 12.2 Å². The third kappa shape index (κ3) is 1.93. The highest BCUT2D eigenvalue weighted by molar-refractivity contribution is 5.57. The number of hydrogen-bond acceptors (Lipinski definition) is 3. The van der Waals surface area contributed by atoms with Gasteiger partial charge in [-0.1, -0.05) is 24.3 Å². The van der Waals surface area contributed by atoms with Gasteiger partial charge >= 0.3 is 0 Å². The molecule has 54 valence electrons. The second kappa shape index (κ2) is 3.06. The van der Waals surface area contributed by atoms with E-state index in [0.717, 1.165) is 0 Å². The largest absolute Gasteiger partial charge is 0.593 e. The van der Waals surface area contributed by atoms with Gasteiger partial charge in [-0.3, -0.25) is 5.41 Å². The summed E-state index contributed by atoms with van der Waals surface area (Å²) in [4.78, 5) is 0. The minimum Gasteiger partial charge on any atom is -0.593 e. The Balaban J connectivity index is 2.37. The van der Waals surface area contributed by atoms with Crippen LogP contribution in [0.2, 0.25) is 0 Å². The zero-order chi connectivity index (χ0) is 7.40. The van der Waals surface area contributed by atoms with Gasteiger partial charge in [0.15, 0.2) is 0 Å². The maximum Gasteiger partial charge on any atom is 0.142 e. The fraction of sp³-hybridized carbons (Fsp3) is 0.286. The lowest BCUT2D eigenvalue weighted by atomic mass is 10.1. The van der Waals surface area contributed by atoms with E-state index in [-0.39, 0.29) is 6.10 Å². The molecule has 3 heteroatoms. The van der Waals surface area contributed by atoms with Gasteiger partial charge in [-0.05, 0) is 6.42 Å². The monoisotopic (exact) mass is 138 g/mol. The number of ether oxygens (including phenoxy) is 1. The first-order valence-corrected chi connectivity index (χ1v) is 3.04. The Morgan fingerprint density at radius 3 is 2.90 bits per heavy atom. The molecule has 0 aliphatic heterocycles. The zero-order valence-corrected chi connectivity index (χ0v) is 5.41. The Morgan fingerprint density at radius 1 is 1.60 bits per heavy atom. The van der Waals surface area contributed by atoms with E-state index in [2.05, 4.69) is 4.74 Å². The number of allylic oxidation sites excluding steroid dienone is 2. The topological polar surface area (TPSA) is 56.1 Å². The molecule has 1 unspecified atom stereocenters. The SMILES string of the molecule is N=C([O-])OC1C=CC=CC1. The standard InChI is InChI=1S/C7H9NO2/c8-7(9)10-6-4-2-1-3-5-6/h1-4,6H,5H2,(H2,8,9)/p-1. The van der Waals surface area contributed by atoms with Crippen LogP contribution in [0.25, 0.3) is 0 Å². The van der Waals surface area contributed by atoms with Crippen molar-refractivity contribution in [2.24, 2.45) is 0 Å². The molecular formula is C7H8NO2-. The van der Waals surface area contributed by atoms with Crippen molar-refractivity contribution in [1.82, 2.24) is 0 Å². The molecule has 1 atom stereocenters. The molecule has 0 spiro atoms. The van der Waals surface area contributed by atoms with E-state index < -0.39 is 6.08 Å². The summed E-state index contributed by atoms with van der Waals surface area (Å²) < 4.78 is 4.58. The molecule has 0 aromatic heterocycles. The lowest BCUT2D eigenvalue weighted by Crippen LogP contribution is -2.25. The fourth-order valence-corrected chi connectivity index (χ4v) is 0.783. The first-order chi connectivity index (χ1) is 4.79. The van der Waals surface area contributed by atoms with Crippen LogP contribution in [0.3, 0.4) is 0 Å². The quantitative estimate of drug-likeness (QED) is 0.415. The minimum absolute atomic E-state index is 0.227. The molecule has 0 radical (unpaired) electrons. The van der Waals surface area contributed by atoms with Crippen LogP contribution in [0, 0.1) is 5.41 Å². The van der Waals surface area contributed by atoms with Gasteiger partial charge in [0.05, 0.1) is 0 Å². The van der Waals surface area contributed by atoms with Crippen LogP contribution in [-0.2, 0) is 4.74 Å². The van der Waals surface area contributed by atoms with Crippen molar-refractivity contribution in [3.8, 4) is 0 Å². The first kappa shape index (κ1) is 6.86. The van der Waals surface area contributed by atoms with Crippen molar-refractivity contribution in [3.63, 3.8) is 0 Å². The van der Waals surface area contributed by atoms with E-state index in [1.807, 2.05) is 12.2 Å². The molecule has 1 aliphatic carbocycles. The van der Waals surface area contributed by atoms with E-state index >= 15 is 0 Å². The van der Waals surface area contributed by atoms with Gasteiger partial charge in [0, 0.05) is 6.10 Å². The third-order valence-electron chi connectivity index (χ3n) is 1.20. The highest BCUT2D eigenvalue weighted by Crippen LogP contribution is 2.05. The molecule has 0 amide bonds. The van der Waals surface area contributed by atoms with Crippen molar-refractivity contribution >= 4 is 6.08 Å². The molecule has 3 nitrogen and oxygen atoms in total. The first-order valence-electron chi connectivity index (χ1n) is 3.04. The molecule has 0 heterocycles. The van der Waals surface area contributed by atoms with Crippen LogP contribution >= 0.6 is 0 Å². The lowest BCUT2D eigenvalue weighted by Gasteiger charge is -2.21. The van der Waals surface area contributed by atoms with Crippen LogP contribution < -0.4 is 5.11 Å². The molecule has 1 N–H and O–H groups in total. The predicted octanol–water partition coefficient (Wildman–Crippen LogP) is 0.183. The summed E-state index contributed by atoms with van der Waals surface area (Å²) in [5, 5.41) is 16.6. The average molecular weight is 138 g/mol. The third-order valence-corrected chi connectivity index (χ3v) is 1.20. The van der Waals surface area contributed by atoms with E-state index in [0.29, 0.717) is 6.42 Å². The second-order valence-corrected chi connectivity index (χ2v) is 1.99. The van der Waals surface area contributed by atoms with Gasteiger partial charge in [0.1, 0.15) is 6.08 Å². The number of rotatable bonds is 1. The molecule has 0 aromatic carbocycles. The normalized spacial score (nSPS) is 22.6. The smallest absolute Gasteiger partial charge is 0.142 e. The van der Waals surface area contributed by atoms with E-state index in [1.54, 1.807) is 12.2 Å². The van der Waals surface area contributed by atoms with Gasteiger partial charge in [-0.15, -0.1) is 0 Å². The summed E-state index contributed by atoms with van der Waals surface area (Å²) in [5.74, 6) is 0. The minimum atomic E-state index is -0.968. The van der Waals surface area contributed by atoms with Gasteiger partial charge in [0.2, 0.25) is 0 Å². The average Bonchev–Trinajstić information content (AvgIpc) is 1.88. The van der Waals surface area contributed by atoms with Crippen molar-refractivity contribution in [1.29, 1.82) is 5.41 Å². The molecule has 0 saturated heterocycles. The van der Waals surface area contributed by atoms with Gasteiger partial charge in [-0.25, -0.2) is 0 Å². The van der Waals surface area contributed by atoms with Gasteiger partial charge in [0.25, 0.3) is 0 Å². The van der Waals surface area contributed by atoms with Crippen LogP contribution in [0.5, 0.6) is 0 Å². The van der Waals surface area contributed by atoms with Crippen LogP contribution in [0.15, 0.2) is 24.3 Å². The van der Waals surface area contributed by atoms with E-state index in [4.69, 9.17) is 5.41 Å². The maximum absolute atomic E-state index is 10.1. The van der Waals surface area contributed by atoms with E-state index in [9.17, 15) is 5.11 Å². The summed E-state index contributed by atoms with van der Waals surface area (Å²) in [6, 6.07) is 0. The van der Waals surface area contributed by atoms with Crippen molar-refractivity contribution in [2.75, 3.05) is 0 Å². The van der Waals surface area contributed by atoms with Crippen LogP contribution in [0.1, 0.15) is 6.42 Å². The molecule has 1 rings (SSSR count). The molecule has 0 aromatic rings. The highest BCUT2D eigenvalue weighted by Gasteiger charge is 1.98. The zero-order valence-electron chi connectivity index (χ0n) is 5.41. The Bertz CT molecular complexity index is 184. The van der Waals surface area contributed by atoms with Crippen molar-refractivity contribution in [3.05, 3.63) is 24.3 Å². The fourth-order valence-electron chi connectivity index (χ4n) is 0.783. The maximum atomic E-state index is 10.1. The molecular weight excluding hydrogens is 130 g/mol. The predicted molar refractivity (Wildman–Crippen MR) is 35.5 cm³/mol. The second-order valence-electron chi connectivity index (χ2n) is 1.99. The van der Waals surface area contributed by atoms with E-state index in [1.165, 1.54) is 0 Å². The number of nitrogens with one attached hydrogen (secondary N) is 1. The molecule has 0 saturated carbocycles. The Morgan fingerprint density at radius 2 is 2.40 bits per heavy atom. The molecule has 1 aliphatic rings. The summed E-state index contributed by atoms with van der Waals surface area (Å²) in [5.41, 5.74) is 0. The van der Waals surface area contributed by atoms with Gasteiger partial charge < -0.3 is 9.84 Å². The van der Waals surface area contributed by atoms with Crippen molar-refractivity contribution in [2.45, 2.75) is 12.5 Å². The van der Waals surface area contributed by atoms with Crippen LogP contribution in [0.4, 0.5) is 0 Å². The van der Waals surface area contributed by atoms with Crippen molar-refractivity contribution < 1.29 is 9.84 Å². The summed E-state index contributed by atoms with van der Waals surface area (Å²) >= 11 is 0. The summed E-state index contributed by atoms with van der Waals surface area (Å²) in [6.07, 6.45) is 6.83. The molecule has 10 heavy (non-hydrogen) atoms. The van der Waals surface area contributed by atoms with Gasteiger partial charge in [-0.2, -0.15) is 0 Å². The molecule has 0 bridgehead atoms. The summed E-state index contributed by atoms with van der Waals surface area (Å²) in [7, 11) is 0.